The molecule has 1 aliphatic rings. The van der Waals surface area contributed by atoms with Crippen molar-refractivity contribution in [3.63, 3.8) is 0 Å². The molecule has 4 nitrogen and oxygen atoms in total. The molecule has 1 aliphatic heterocycles. The molecule has 0 aromatic carbocycles. The minimum Gasteiger partial charge on any atom is -0.307 e. The van der Waals surface area contributed by atoms with Crippen LogP contribution in [0.25, 0.3) is 0 Å². The van der Waals surface area contributed by atoms with Gasteiger partial charge >= 0.3 is 0 Å². The molecule has 1 saturated heterocycles. The Balaban J connectivity index is 1.83. The van der Waals surface area contributed by atoms with Gasteiger partial charge in [-0.1, -0.05) is 0 Å². The molecule has 2 atom stereocenters. The van der Waals surface area contributed by atoms with Gasteiger partial charge < -0.3 is 10.2 Å². The summed E-state index contributed by atoms with van der Waals surface area (Å²) in [6.07, 6.45) is 0. The maximum absolute atomic E-state index is 4.54. The number of aryl methyl sites for hydroxylation is 1. The van der Waals surface area contributed by atoms with E-state index in [0.29, 0.717) is 12.1 Å². The molecular formula is C13H24N4S. The van der Waals surface area contributed by atoms with E-state index in [-0.39, 0.29) is 0 Å². The summed E-state index contributed by atoms with van der Waals surface area (Å²) in [5.41, 5.74) is 1.17. The lowest BCUT2D eigenvalue weighted by molar-refractivity contribution is 0.111. The van der Waals surface area contributed by atoms with E-state index in [1.165, 1.54) is 12.2 Å². The number of thiazole rings is 1. The first-order chi connectivity index (χ1) is 8.56. The van der Waals surface area contributed by atoms with Crippen LogP contribution in [-0.4, -0.2) is 61.1 Å². The van der Waals surface area contributed by atoms with Crippen molar-refractivity contribution in [2.45, 2.75) is 25.9 Å². The molecular weight excluding hydrogens is 244 g/mol. The minimum absolute atomic E-state index is 0.343. The number of nitrogens with zero attached hydrogens (tertiary/aromatic N) is 3. The molecule has 1 fully saturated rings. The van der Waals surface area contributed by atoms with Crippen molar-refractivity contribution in [2.75, 3.05) is 40.3 Å². The van der Waals surface area contributed by atoms with Crippen LogP contribution < -0.4 is 5.32 Å². The molecule has 102 valence electrons. The summed E-state index contributed by atoms with van der Waals surface area (Å²) in [6.45, 7) is 8.76. The van der Waals surface area contributed by atoms with E-state index in [9.17, 15) is 0 Å². The SMILES string of the molecule is Cc1nc(C(C)NCC2CN(C)CCN2C)cs1. The molecule has 2 rings (SSSR count). The van der Waals surface area contributed by atoms with Crippen LogP contribution >= 0.6 is 11.3 Å². The van der Waals surface area contributed by atoms with Crippen LogP contribution in [0.4, 0.5) is 0 Å². The first kappa shape index (κ1) is 13.9. The molecule has 0 spiro atoms. The van der Waals surface area contributed by atoms with Crippen LogP contribution in [0.2, 0.25) is 0 Å². The monoisotopic (exact) mass is 268 g/mol. The van der Waals surface area contributed by atoms with Crippen molar-refractivity contribution >= 4 is 11.3 Å². The van der Waals surface area contributed by atoms with Gasteiger partial charge in [0.15, 0.2) is 0 Å². The molecule has 1 aromatic rings. The van der Waals surface area contributed by atoms with Gasteiger partial charge in [-0.05, 0) is 27.9 Å². The first-order valence-electron chi connectivity index (χ1n) is 6.60. The summed E-state index contributed by atoms with van der Waals surface area (Å²) in [7, 11) is 4.42. The van der Waals surface area contributed by atoms with Gasteiger partial charge in [0.25, 0.3) is 0 Å². The largest absolute Gasteiger partial charge is 0.307 e. The lowest BCUT2D eigenvalue weighted by Crippen LogP contribution is -2.53. The molecule has 0 aliphatic carbocycles. The molecule has 5 heteroatoms. The molecule has 18 heavy (non-hydrogen) atoms. The summed E-state index contributed by atoms with van der Waals surface area (Å²) in [5, 5.41) is 6.91. The lowest BCUT2D eigenvalue weighted by Gasteiger charge is -2.38. The number of piperazine rings is 1. The standard InChI is InChI=1S/C13H24N4S/c1-10(13-9-18-11(2)15-13)14-7-12-8-16(3)5-6-17(12)4/h9-10,12,14H,5-8H2,1-4H3. The van der Waals surface area contributed by atoms with Crippen molar-refractivity contribution in [1.29, 1.82) is 0 Å². The fraction of sp³-hybridized carbons (Fsp3) is 0.769. The normalized spacial score (nSPS) is 24.3. The van der Waals surface area contributed by atoms with Crippen molar-refractivity contribution in [3.8, 4) is 0 Å². The van der Waals surface area contributed by atoms with E-state index >= 15 is 0 Å². The average molecular weight is 268 g/mol. The Morgan fingerprint density at radius 1 is 1.50 bits per heavy atom. The summed E-state index contributed by atoms with van der Waals surface area (Å²) >= 11 is 1.73. The maximum atomic E-state index is 4.54. The molecule has 0 saturated carbocycles. The van der Waals surface area contributed by atoms with Gasteiger partial charge in [-0.15, -0.1) is 11.3 Å². The van der Waals surface area contributed by atoms with Gasteiger partial charge in [-0.3, -0.25) is 4.90 Å². The fourth-order valence-corrected chi connectivity index (χ4v) is 3.02. The zero-order chi connectivity index (χ0) is 13.1. The maximum Gasteiger partial charge on any atom is 0.0898 e. The zero-order valence-corrected chi connectivity index (χ0v) is 12.6. The summed E-state index contributed by atoms with van der Waals surface area (Å²) in [5.74, 6) is 0. The van der Waals surface area contributed by atoms with Crippen LogP contribution in [-0.2, 0) is 0 Å². The second-order valence-corrected chi connectivity index (χ2v) is 6.38. The van der Waals surface area contributed by atoms with E-state index in [2.05, 4.69) is 53.4 Å². The van der Waals surface area contributed by atoms with E-state index in [4.69, 9.17) is 0 Å². The number of nitrogens with one attached hydrogen (secondary N) is 1. The Kier molecular flexibility index (Phi) is 4.72. The number of aromatic nitrogens is 1. The smallest absolute Gasteiger partial charge is 0.0898 e. The third-order valence-corrected chi connectivity index (χ3v) is 4.51. The highest BCUT2D eigenvalue weighted by atomic mass is 32.1. The van der Waals surface area contributed by atoms with E-state index in [0.717, 1.165) is 24.6 Å². The topological polar surface area (TPSA) is 31.4 Å². The van der Waals surface area contributed by atoms with Gasteiger partial charge in [-0.25, -0.2) is 4.98 Å². The predicted octanol–water partition coefficient (Wildman–Crippen LogP) is 1.35. The summed E-state index contributed by atoms with van der Waals surface area (Å²) < 4.78 is 0. The molecule has 2 heterocycles. The average Bonchev–Trinajstić information content (AvgIpc) is 2.77. The Hall–Kier alpha value is -0.490. The Morgan fingerprint density at radius 3 is 2.94 bits per heavy atom. The van der Waals surface area contributed by atoms with Crippen LogP contribution in [0.15, 0.2) is 5.38 Å². The van der Waals surface area contributed by atoms with Crippen molar-refractivity contribution in [3.05, 3.63) is 16.1 Å². The molecule has 0 radical (unpaired) electrons. The molecule has 1 aromatic heterocycles. The van der Waals surface area contributed by atoms with Crippen LogP contribution in [0.3, 0.4) is 0 Å². The highest BCUT2D eigenvalue weighted by molar-refractivity contribution is 7.09. The highest BCUT2D eigenvalue weighted by Crippen LogP contribution is 2.16. The third kappa shape index (κ3) is 3.51. The predicted molar refractivity (Wildman–Crippen MR) is 77.2 cm³/mol. The van der Waals surface area contributed by atoms with Crippen molar-refractivity contribution < 1.29 is 0 Å². The van der Waals surface area contributed by atoms with Crippen molar-refractivity contribution in [1.82, 2.24) is 20.1 Å². The van der Waals surface area contributed by atoms with Crippen LogP contribution in [0.5, 0.6) is 0 Å². The highest BCUT2D eigenvalue weighted by Gasteiger charge is 2.22. The summed E-state index contributed by atoms with van der Waals surface area (Å²) in [4.78, 5) is 9.40. The van der Waals surface area contributed by atoms with Gasteiger partial charge in [-0.2, -0.15) is 0 Å². The quantitative estimate of drug-likeness (QED) is 0.893. The Labute approximate surface area is 114 Å². The first-order valence-corrected chi connectivity index (χ1v) is 7.48. The number of hydrogen-bond donors (Lipinski definition) is 1. The van der Waals surface area contributed by atoms with Crippen molar-refractivity contribution in [2.24, 2.45) is 0 Å². The Bertz CT molecular complexity index is 379. The molecule has 1 N–H and O–H groups in total. The van der Waals surface area contributed by atoms with Crippen LogP contribution in [0, 0.1) is 6.92 Å². The van der Waals surface area contributed by atoms with E-state index in [1.807, 2.05) is 0 Å². The molecule has 0 amide bonds. The van der Waals surface area contributed by atoms with Gasteiger partial charge in [0.05, 0.1) is 10.7 Å². The third-order valence-electron chi connectivity index (χ3n) is 3.72. The second-order valence-electron chi connectivity index (χ2n) is 5.32. The van der Waals surface area contributed by atoms with E-state index < -0.39 is 0 Å². The lowest BCUT2D eigenvalue weighted by atomic mass is 10.1. The summed E-state index contributed by atoms with van der Waals surface area (Å²) in [6, 6.07) is 0.946. The minimum atomic E-state index is 0.343. The van der Waals surface area contributed by atoms with E-state index in [1.54, 1.807) is 11.3 Å². The van der Waals surface area contributed by atoms with Crippen LogP contribution in [0.1, 0.15) is 23.7 Å². The second kappa shape index (κ2) is 6.10. The van der Waals surface area contributed by atoms with Gasteiger partial charge in [0, 0.05) is 43.6 Å². The molecule has 0 bridgehead atoms. The zero-order valence-electron chi connectivity index (χ0n) is 11.8. The number of rotatable bonds is 4. The molecule has 2 unspecified atom stereocenters. The van der Waals surface area contributed by atoms with Gasteiger partial charge in [0.1, 0.15) is 0 Å². The fourth-order valence-electron chi connectivity index (χ4n) is 2.32. The Morgan fingerprint density at radius 2 is 2.28 bits per heavy atom. The number of likely N-dealkylation sites (N-methyl/N-ethyl adjacent to an activating group) is 2. The van der Waals surface area contributed by atoms with Gasteiger partial charge in [0.2, 0.25) is 0 Å². The number of hydrogen-bond acceptors (Lipinski definition) is 5.